The van der Waals surface area contributed by atoms with E-state index in [4.69, 9.17) is 0 Å². The van der Waals surface area contributed by atoms with Crippen LogP contribution in [-0.4, -0.2) is 48.4 Å². The Morgan fingerprint density at radius 1 is 1.19 bits per heavy atom. The Kier molecular flexibility index (Phi) is 5.24. The van der Waals surface area contributed by atoms with Crippen LogP contribution >= 0.6 is 0 Å². The standard InChI is InChI=1S/C15H25N3O2S/c1-17(2)14-8-6-13(7-9-14)15(12-16-21(3,19)20)18-10-4-5-11-18/h6-9,15-16H,4-5,10-12H2,1-3H3/p+1/t15-/m0/s1. The molecule has 0 radical (unpaired) electrons. The Bertz CT molecular complexity index is 549. The van der Waals surface area contributed by atoms with Gasteiger partial charge in [-0.3, -0.25) is 0 Å². The molecule has 118 valence electrons. The van der Waals surface area contributed by atoms with E-state index in [-0.39, 0.29) is 6.04 Å². The van der Waals surface area contributed by atoms with E-state index in [1.807, 2.05) is 14.1 Å². The maximum atomic E-state index is 11.4. The molecule has 1 aromatic carbocycles. The van der Waals surface area contributed by atoms with Gasteiger partial charge in [-0.15, -0.1) is 0 Å². The van der Waals surface area contributed by atoms with E-state index < -0.39 is 10.0 Å². The summed E-state index contributed by atoms with van der Waals surface area (Å²) in [5, 5.41) is 0. The van der Waals surface area contributed by atoms with Crippen LogP contribution in [0.1, 0.15) is 24.4 Å². The Morgan fingerprint density at radius 2 is 1.76 bits per heavy atom. The summed E-state index contributed by atoms with van der Waals surface area (Å²) in [4.78, 5) is 3.54. The van der Waals surface area contributed by atoms with Crippen molar-refractivity contribution in [3.05, 3.63) is 29.8 Å². The van der Waals surface area contributed by atoms with Crippen LogP contribution in [0.5, 0.6) is 0 Å². The number of quaternary nitrogens is 1. The van der Waals surface area contributed by atoms with E-state index in [9.17, 15) is 8.42 Å². The minimum absolute atomic E-state index is 0.193. The van der Waals surface area contributed by atoms with Gasteiger partial charge in [-0.25, -0.2) is 13.1 Å². The average Bonchev–Trinajstić information content (AvgIpc) is 2.92. The summed E-state index contributed by atoms with van der Waals surface area (Å²) >= 11 is 0. The van der Waals surface area contributed by atoms with Crippen LogP contribution in [0.15, 0.2) is 24.3 Å². The normalized spacial score (nSPS) is 17.9. The Balaban J connectivity index is 2.17. The summed E-state index contributed by atoms with van der Waals surface area (Å²) < 4.78 is 25.5. The summed E-state index contributed by atoms with van der Waals surface area (Å²) in [5.74, 6) is 0. The fourth-order valence-electron chi connectivity index (χ4n) is 2.91. The zero-order valence-electron chi connectivity index (χ0n) is 13.1. The van der Waals surface area contributed by atoms with Crippen molar-refractivity contribution in [3.8, 4) is 0 Å². The first kappa shape index (κ1) is 16.3. The Labute approximate surface area is 128 Å². The maximum absolute atomic E-state index is 11.4. The Hall–Kier alpha value is -1.11. The van der Waals surface area contributed by atoms with E-state index >= 15 is 0 Å². The second kappa shape index (κ2) is 6.77. The zero-order valence-corrected chi connectivity index (χ0v) is 13.9. The quantitative estimate of drug-likeness (QED) is 0.779. The molecule has 1 fully saturated rings. The molecule has 2 rings (SSSR count). The second-order valence-electron chi connectivity index (χ2n) is 6.02. The summed E-state index contributed by atoms with van der Waals surface area (Å²) in [6.07, 6.45) is 3.67. The molecular formula is C15H26N3O2S+. The molecule has 1 aliphatic heterocycles. The second-order valence-corrected chi connectivity index (χ2v) is 7.86. The largest absolute Gasteiger partial charge is 0.378 e. The van der Waals surface area contributed by atoms with Crippen LogP contribution in [0.2, 0.25) is 0 Å². The van der Waals surface area contributed by atoms with E-state index in [1.54, 1.807) is 0 Å². The first-order valence-electron chi connectivity index (χ1n) is 7.43. The van der Waals surface area contributed by atoms with Crippen LogP contribution in [0.25, 0.3) is 0 Å². The predicted octanol–water partition coefficient (Wildman–Crippen LogP) is 0.0216. The third kappa shape index (κ3) is 4.69. The lowest BCUT2D eigenvalue weighted by atomic mass is 10.1. The molecule has 21 heavy (non-hydrogen) atoms. The van der Waals surface area contributed by atoms with Crippen molar-refractivity contribution in [2.45, 2.75) is 18.9 Å². The van der Waals surface area contributed by atoms with Crippen LogP contribution in [-0.2, 0) is 10.0 Å². The topological polar surface area (TPSA) is 53.9 Å². The van der Waals surface area contributed by atoms with Crippen molar-refractivity contribution < 1.29 is 13.3 Å². The first-order valence-corrected chi connectivity index (χ1v) is 9.32. The van der Waals surface area contributed by atoms with Crippen LogP contribution in [0.4, 0.5) is 5.69 Å². The molecule has 0 spiro atoms. The van der Waals surface area contributed by atoms with Gasteiger partial charge in [0, 0.05) is 38.2 Å². The lowest BCUT2D eigenvalue weighted by molar-refractivity contribution is -0.918. The average molecular weight is 312 g/mol. The highest BCUT2D eigenvalue weighted by atomic mass is 32.2. The van der Waals surface area contributed by atoms with Gasteiger partial charge in [0.25, 0.3) is 0 Å². The smallest absolute Gasteiger partial charge is 0.208 e. The third-order valence-electron chi connectivity index (χ3n) is 4.10. The number of nitrogens with one attached hydrogen (secondary N) is 2. The number of nitrogens with zero attached hydrogens (tertiary/aromatic N) is 1. The van der Waals surface area contributed by atoms with Crippen molar-refractivity contribution in [2.24, 2.45) is 0 Å². The molecule has 0 aliphatic carbocycles. The van der Waals surface area contributed by atoms with E-state index in [0.717, 1.165) is 18.8 Å². The summed E-state index contributed by atoms with van der Waals surface area (Å²) in [5.41, 5.74) is 2.36. The van der Waals surface area contributed by atoms with Crippen molar-refractivity contribution in [2.75, 3.05) is 44.9 Å². The molecule has 1 saturated heterocycles. The number of rotatable bonds is 6. The van der Waals surface area contributed by atoms with Crippen molar-refractivity contribution in [1.29, 1.82) is 0 Å². The van der Waals surface area contributed by atoms with E-state index in [0.29, 0.717) is 6.54 Å². The van der Waals surface area contributed by atoms with Crippen LogP contribution in [0, 0.1) is 0 Å². The number of hydrogen-bond acceptors (Lipinski definition) is 3. The van der Waals surface area contributed by atoms with Gasteiger partial charge in [-0.2, -0.15) is 0 Å². The maximum Gasteiger partial charge on any atom is 0.208 e. The van der Waals surface area contributed by atoms with Crippen molar-refractivity contribution in [3.63, 3.8) is 0 Å². The summed E-state index contributed by atoms with van der Waals surface area (Å²) in [6.45, 7) is 2.70. The molecular weight excluding hydrogens is 286 g/mol. The lowest BCUT2D eigenvalue weighted by Gasteiger charge is -2.25. The molecule has 1 heterocycles. The highest BCUT2D eigenvalue weighted by molar-refractivity contribution is 7.88. The number of benzene rings is 1. The van der Waals surface area contributed by atoms with E-state index in [2.05, 4.69) is 33.9 Å². The van der Waals surface area contributed by atoms with Gasteiger partial charge in [-0.1, -0.05) is 12.1 Å². The number of likely N-dealkylation sites (tertiary alicyclic amines) is 1. The Morgan fingerprint density at radius 3 is 2.24 bits per heavy atom. The van der Waals surface area contributed by atoms with Crippen LogP contribution in [0.3, 0.4) is 0 Å². The minimum atomic E-state index is -3.15. The molecule has 0 aromatic heterocycles. The third-order valence-corrected chi connectivity index (χ3v) is 4.79. The van der Waals surface area contributed by atoms with Crippen molar-refractivity contribution in [1.82, 2.24) is 4.72 Å². The minimum Gasteiger partial charge on any atom is -0.378 e. The highest BCUT2D eigenvalue weighted by Crippen LogP contribution is 2.17. The monoisotopic (exact) mass is 312 g/mol. The summed E-state index contributed by atoms with van der Waals surface area (Å²) in [6, 6.07) is 8.62. The molecule has 6 heteroatoms. The number of hydrogen-bond donors (Lipinski definition) is 2. The van der Waals surface area contributed by atoms with Gasteiger partial charge in [0.15, 0.2) is 0 Å². The fourth-order valence-corrected chi connectivity index (χ4v) is 3.38. The lowest BCUT2D eigenvalue weighted by Crippen LogP contribution is -3.11. The zero-order chi connectivity index (χ0) is 15.5. The predicted molar refractivity (Wildman–Crippen MR) is 86.3 cm³/mol. The van der Waals surface area contributed by atoms with Crippen LogP contribution < -0.4 is 14.5 Å². The molecule has 0 amide bonds. The first-order chi connectivity index (χ1) is 9.87. The number of anilines is 1. The van der Waals surface area contributed by atoms with Gasteiger partial charge >= 0.3 is 0 Å². The molecule has 5 nitrogen and oxygen atoms in total. The van der Waals surface area contributed by atoms with Gasteiger partial charge in [0.1, 0.15) is 6.04 Å². The molecule has 2 N–H and O–H groups in total. The fraction of sp³-hybridized carbons (Fsp3) is 0.600. The molecule has 0 unspecified atom stereocenters. The molecule has 1 atom stereocenters. The van der Waals surface area contributed by atoms with Gasteiger partial charge in [0.05, 0.1) is 25.9 Å². The van der Waals surface area contributed by atoms with Gasteiger partial charge in [0.2, 0.25) is 10.0 Å². The van der Waals surface area contributed by atoms with Gasteiger partial charge in [-0.05, 0) is 12.1 Å². The van der Waals surface area contributed by atoms with Crippen molar-refractivity contribution >= 4 is 15.7 Å². The summed E-state index contributed by atoms with van der Waals surface area (Å²) in [7, 11) is 0.885. The molecule has 0 bridgehead atoms. The molecule has 0 saturated carbocycles. The SMILES string of the molecule is CN(C)c1ccc([C@H](CNS(C)(=O)=O)[NH+]2CCCC2)cc1. The number of sulfonamides is 1. The molecule has 1 aromatic rings. The molecule has 1 aliphatic rings. The van der Waals surface area contributed by atoms with Gasteiger partial charge < -0.3 is 9.80 Å². The highest BCUT2D eigenvalue weighted by Gasteiger charge is 2.28. The van der Waals surface area contributed by atoms with E-state index in [1.165, 1.54) is 29.6 Å².